The van der Waals surface area contributed by atoms with Gasteiger partial charge in [-0.3, -0.25) is 4.79 Å². The van der Waals surface area contributed by atoms with E-state index in [2.05, 4.69) is 15.3 Å². The zero-order valence-corrected chi connectivity index (χ0v) is 11.2. The fraction of sp³-hybridized carbons (Fsp3) is 0.583. The number of aromatic nitrogens is 2. The molecular formula is C12H21N5O. The first-order chi connectivity index (χ1) is 8.56. The second-order valence-electron chi connectivity index (χ2n) is 4.13. The van der Waals surface area contributed by atoms with Crippen molar-refractivity contribution in [3.63, 3.8) is 0 Å². The van der Waals surface area contributed by atoms with E-state index in [0.29, 0.717) is 30.4 Å². The third-order valence-electron chi connectivity index (χ3n) is 2.44. The number of amides is 1. The standard InChI is InChI=1S/C12H21N5O/c1-4-6-14-12(18)8-17(3)11-7-9(13)15-10(5-2)16-11/h7H,4-6,8H2,1-3H3,(H,14,18)(H2,13,15,16). The van der Waals surface area contributed by atoms with E-state index < -0.39 is 0 Å². The van der Waals surface area contributed by atoms with E-state index in [-0.39, 0.29) is 12.5 Å². The van der Waals surface area contributed by atoms with Crippen LogP contribution in [0.1, 0.15) is 26.1 Å². The van der Waals surface area contributed by atoms with Crippen LogP contribution < -0.4 is 16.0 Å². The maximum Gasteiger partial charge on any atom is 0.239 e. The Morgan fingerprint density at radius 1 is 1.44 bits per heavy atom. The molecule has 0 aliphatic heterocycles. The summed E-state index contributed by atoms with van der Waals surface area (Å²) in [5, 5.41) is 2.82. The number of nitrogen functional groups attached to an aromatic ring is 1. The maximum absolute atomic E-state index is 11.6. The van der Waals surface area contributed by atoms with Gasteiger partial charge in [-0.1, -0.05) is 13.8 Å². The average molecular weight is 251 g/mol. The second kappa shape index (κ2) is 6.78. The van der Waals surface area contributed by atoms with Gasteiger partial charge >= 0.3 is 0 Å². The van der Waals surface area contributed by atoms with Gasteiger partial charge in [0.15, 0.2) is 0 Å². The zero-order chi connectivity index (χ0) is 13.5. The Morgan fingerprint density at radius 2 is 2.17 bits per heavy atom. The van der Waals surface area contributed by atoms with Crippen molar-refractivity contribution in [3.05, 3.63) is 11.9 Å². The van der Waals surface area contributed by atoms with Crippen molar-refractivity contribution >= 4 is 17.5 Å². The molecule has 0 aliphatic carbocycles. The van der Waals surface area contributed by atoms with Crippen molar-refractivity contribution < 1.29 is 4.79 Å². The van der Waals surface area contributed by atoms with Gasteiger partial charge < -0.3 is 16.0 Å². The number of aryl methyl sites for hydroxylation is 1. The molecule has 1 aromatic rings. The molecule has 18 heavy (non-hydrogen) atoms. The lowest BCUT2D eigenvalue weighted by atomic mass is 10.4. The molecule has 0 bridgehead atoms. The van der Waals surface area contributed by atoms with Gasteiger partial charge in [0, 0.05) is 26.1 Å². The first-order valence-corrected chi connectivity index (χ1v) is 6.18. The predicted molar refractivity (Wildman–Crippen MR) is 72.4 cm³/mol. The van der Waals surface area contributed by atoms with Gasteiger partial charge in [0.2, 0.25) is 5.91 Å². The molecule has 0 spiro atoms. The molecule has 0 saturated heterocycles. The highest BCUT2D eigenvalue weighted by molar-refractivity contribution is 5.80. The minimum absolute atomic E-state index is 0.0189. The average Bonchev–Trinajstić information content (AvgIpc) is 2.35. The van der Waals surface area contributed by atoms with Crippen LogP contribution in [0.25, 0.3) is 0 Å². The van der Waals surface area contributed by atoms with Crippen molar-refractivity contribution in [1.82, 2.24) is 15.3 Å². The highest BCUT2D eigenvalue weighted by Crippen LogP contribution is 2.12. The quantitative estimate of drug-likeness (QED) is 0.772. The summed E-state index contributed by atoms with van der Waals surface area (Å²) in [4.78, 5) is 21.8. The Bertz CT molecular complexity index is 407. The molecule has 0 aliphatic rings. The lowest BCUT2D eigenvalue weighted by Gasteiger charge is -2.18. The van der Waals surface area contributed by atoms with Crippen molar-refractivity contribution in [2.24, 2.45) is 0 Å². The fourth-order valence-electron chi connectivity index (χ4n) is 1.47. The lowest BCUT2D eigenvalue weighted by molar-refractivity contribution is -0.119. The van der Waals surface area contributed by atoms with Crippen LogP contribution in [0.4, 0.5) is 11.6 Å². The van der Waals surface area contributed by atoms with Gasteiger partial charge in [-0.2, -0.15) is 0 Å². The summed E-state index contributed by atoms with van der Waals surface area (Å²) in [5.41, 5.74) is 5.71. The molecule has 0 radical (unpaired) electrons. The van der Waals surface area contributed by atoms with Crippen LogP contribution in [0.2, 0.25) is 0 Å². The van der Waals surface area contributed by atoms with Crippen LogP contribution in [-0.2, 0) is 11.2 Å². The smallest absolute Gasteiger partial charge is 0.239 e. The molecule has 0 unspecified atom stereocenters. The monoisotopic (exact) mass is 251 g/mol. The number of hydrogen-bond acceptors (Lipinski definition) is 5. The van der Waals surface area contributed by atoms with Gasteiger partial charge in [0.05, 0.1) is 6.54 Å². The molecule has 6 nitrogen and oxygen atoms in total. The van der Waals surface area contributed by atoms with E-state index in [0.717, 1.165) is 6.42 Å². The van der Waals surface area contributed by atoms with Crippen LogP contribution in [-0.4, -0.2) is 36.0 Å². The number of carbonyl (C=O) groups excluding carboxylic acids is 1. The van der Waals surface area contributed by atoms with Crippen molar-refractivity contribution in [3.8, 4) is 0 Å². The maximum atomic E-state index is 11.6. The predicted octanol–water partition coefficient (Wildman–Crippen LogP) is 0.584. The van der Waals surface area contributed by atoms with Crippen LogP contribution in [0.15, 0.2) is 6.07 Å². The first kappa shape index (κ1) is 14.2. The zero-order valence-electron chi connectivity index (χ0n) is 11.2. The molecular weight excluding hydrogens is 230 g/mol. The highest BCUT2D eigenvalue weighted by atomic mass is 16.2. The Morgan fingerprint density at radius 3 is 2.78 bits per heavy atom. The number of hydrogen-bond donors (Lipinski definition) is 2. The molecule has 0 atom stereocenters. The number of carbonyl (C=O) groups is 1. The minimum Gasteiger partial charge on any atom is -0.384 e. The van der Waals surface area contributed by atoms with Crippen LogP contribution in [0.5, 0.6) is 0 Å². The molecule has 1 heterocycles. The van der Waals surface area contributed by atoms with Gasteiger partial charge in [-0.05, 0) is 6.42 Å². The van der Waals surface area contributed by atoms with Gasteiger partial charge in [-0.25, -0.2) is 9.97 Å². The fourth-order valence-corrected chi connectivity index (χ4v) is 1.47. The number of nitrogens with one attached hydrogen (secondary N) is 1. The van der Waals surface area contributed by atoms with Gasteiger partial charge in [0.25, 0.3) is 0 Å². The second-order valence-corrected chi connectivity index (χ2v) is 4.13. The molecule has 0 saturated carbocycles. The number of nitrogens with zero attached hydrogens (tertiary/aromatic N) is 3. The van der Waals surface area contributed by atoms with Crippen molar-refractivity contribution in [2.45, 2.75) is 26.7 Å². The molecule has 1 amide bonds. The molecule has 100 valence electrons. The van der Waals surface area contributed by atoms with Gasteiger partial charge in [-0.15, -0.1) is 0 Å². The van der Waals surface area contributed by atoms with Crippen LogP contribution in [0.3, 0.4) is 0 Å². The van der Waals surface area contributed by atoms with Crippen LogP contribution >= 0.6 is 0 Å². The van der Waals surface area contributed by atoms with Crippen molar-refractivity contribution in [2.75, 3.05) is 30.8 Å². The van der Waals surface area contributed by atoms with E-state index in [1.807, 2.05) is 20.9 Å². The third-order valence-corrected chi connectivity index (χ3v) is 2.44. The first-order valence-electron chi connectivity index (χ1n) is 6.18. The Balaban J connectivity index is 2.68. The number of rotatable bonds is 6. The Hall–Kier alpha value is -1.85. The van der Waals surface area contributed by atoms with Gasteiger partial charge in [0.1, 0.15) is 17.5 Å². The summed E-state index contributed by atoms with van der Waals surface area (Å²) < 4.78 is 0. The van der Waals surface area contributed by atoms with Crippen molar-refractivity contribution in [1.29, 1.82) is 0 Å². The molecule has 1 aromatic heterocycles. The summed E-state index contributed by atoms with van der Waals surface area (Å²) in [7, 11) is 1.81. The van der Waals surface area contributed by atoms with E-state index in [1.54, 1.807) is 11.0 Å². The number of likely N-dealkylation sites (N-methyl/N-ethyl adjacent to an activating group) is 1. The Labute approximate surface area is 108 Å². The summed E-state index contributed by atoms with van der Waals surface area (Å²) in [6.07, 6.45) is 1.64. The number of nitrogens with two attached hydrogens (primary N) is 1. The van der Waals surface area contributed by atoms with Crippen LogP contribution in [0, 0.1) is 0 Å². The topological polar surface area (TPSA) is 84.1 Å². The SMILES string of the molecule is CCCNC(=O)CN(C)c1cc(N)nc(CC)n1. The summed E-state index contributed by atoms with van der Waals surface area (Å²) in [6, 6.07) is 1.67. The van der Waals surface area contributed by atoms with E-state index in [4.69, 9.17) is 5.73 Å². The lowest BCUT2D eigenvalue weighted by Crippen LogP contribution is -2.36. The molecule has 0 aromatic carbocycles. The van der Waals surface area contributed by atoms with E-state index in [1.165, 1.54) is 0 Å². The summed E-state index contributed by atoms with van der Waals surface area (Å²) >= 11 is 0. The largest absolute Gasteiger partial charge is 0.384 e. The third kappa shape index (κ3) is 4.20. The minimum atomic E-state index is -0.0189. The number of anilines is 2. The highest BCUT2D eigenvalue weighted by Gasteiger charge is 2.10. The Kier molecular flexibility index (Phi) is 5.35. The summed E-state index contributed by atoms with van der Waals surface area (Å²) in [6.45, 7) is 4.94. The summed E-state index contributed by atoms with van der Waals surface area (Å²) in [5.74, 6) is 1.77. The van der Waals surface area contributed by atoms with E-state index in [9.17, 15) is 4.79 Å². The van der Waals surface area contributed by atoms with E-state index >= 15 is 0 Å². The molecule has 3 N–H and O–H groups in total. The molecule has 0 fully saturated rings. The molecule has 1 rings (SSSR count). The molecule has 6 heteroatoms. The normalized spacial score (nSPS) is 10.2.